The second-order valence-corrected chi connectivity index (χ2v) is 5.97. The molecule has 2 aliphatic rings. The van der Waals surface area contributed by atoms with Crippen molar-refractivity contribution in [3.05, 3.63) is 17.5 Å². The molecule has 2 fully saturated rings. The molecule has 2 amide bonds. The molecular weight excluding hydrogens is 300 g/mol. The maximum absolute atomic E-state index is 12.1. The highest BCUT2D eigenvalue weighted by Gasteiger charge is 2.36. The molecule has 0 atom stereocenters. The van der Waals surface area contributed by atoms with E-state index in [1.807, 2.05) is 0 Å². The number of carbonyl (C=O) groups excluding carboxylic acids is 2. The Labute approximate surface area is 134 Å². The van der Waals surface area contributed by atoms with E-state index < -0.39 is 0 Å². The van der Waals surface area contributed by atoms with Gasteiger partial charge in [0.1, 0.15) is 5.76 Å². The van der Waals surface area contributed by atoms with Gasteiger partial charge in [-0.2, -0.15) is 0 Å². The maximum Gasteiger partial charge on any atom is 0.276 e. The van der Waals surface area contributed by atoms with E-state index in [0.29, 0.717) is 31.1 Å². The Bertz CT molecular complexity index is 562. The average molecular weight is 322 g/mol. The third-order valence-corrected chi connectivity index (χ3v) is 4.22. The lowest BCUT2D eigenvalue weighted by Gasteiger charge is -2.37. The van der Waals surface area contributed by atoms with Gasteiger partial charge in [-0.3, -0.25) is 14.5 Å². The van der Waals surface area contributed by atoms with Crippen LogP contribution in [0.25, 0.3) is 0 Å². The van der Waals surface area contributed by atoms with Crippen LogP contribution < -0.4 is 5.32 Å². The molecule has 0 bridgehead atoms. The molecule has 2 saturated heterocycles. The van der Waals surface area contributed by atoms with Crippen LogP contribution in [0, 0.1) is 12.8 Å². The Morgan fingerprint density at radius 2 is 2.09 bits per heavy atom. The van der Waals surface area contributed by atoms with Gasteiger partial charge < -0.3 is 19.5 Å². The zero-order chi connectivity index (χ0) is 16.2. The van der Waals surface area contributed by atoms with Crippen molar-refractivity contribution in [2.75, 3.05) is 52.5 Å². The van der Waals surface area contributed by atoms with E-state index in [2.05, 4.69) is 15.4 Å². The Balaban J connectivity index is 1.35. The van der Waals surface area contributed by atoms with Crippen molar-refractivity contribution in [3.63, 3.8) is 0 Å². The van der Waals surface area contributed by atoms with Gasteiger partial charge in [0.25, 0.3) is 5.91 Å². The highest BCUT2D eigenvalue weighted by Crippen LogP contribution is 2.18. The highest BCUT2D eigenvalue weighted by atomic mass is 16.5. The Hall–Kier alpha value is -1.93. The molecule has 0 aromatic carbocycles. The zero-order valence-electron chi connectivity index (χ0n) is 13.3. The van der Waals surface area contributed by atoms with Gasteiger partial charge >= 0.3 is 0 Å². The largest absolute Gasteiger partial charge is 0.379 e. The van der Waals surface area contributed by atoms with E-state index in [-0.39, 0.29) is 17.7 Å². The lowest BCUT2D eigenvalue weighted by Crippen LogP contribution is -2.56. The highest BCUT2D eigenvalue weighted by molar-refractivity contribution is 5.94. The predicted octanol–water partition coefficient (Wildman–Crippen LogP) is -0.497. The molecule has 8 nitrogen and oxygen atoms in total. The number of nitrogens with one attached hydrogen (secondary N) is 1. The smallest absolute Gasteiger partial charge is 0.276 e. The summed E-state index contributed by atoms with van der Waals surface area (Å²) in [7, 11) is 0. The van der Waals surface area contributed by atoms with Gasteiger partial charge in [-0.05, 0) is 6.92 Å². The van der Waals surface area contributed by atoms with E-state index >= 15 is 0 Å². The maximum atomic E-state index is 12.1. The number of rotatable bonds is 5. The number of nitrogens with zero attached hydrogens (tertiary/aromatic N) is 3. The van der Waals surface area contributed by atoms with Crippen molar-refractivity contribution in [2.45, 2.75) is 6.92 Å². The number of ether oxygens (including phenoxy) is 1. The van der Waals surface area contributed by atoms with Gasteiger partial charge in [0.05, 0.1) is 19.1 Å². The Kier molecular flexibility index (Phi) is 4.92. The summed E-state index contributed by atoms with van der Waals surface area (Å²) in [5.41, 5.74) is 0.300. The summed E-state index contributed by atoms with van der Waals surface area (Å²) in [6.45, 7) is 7.43. The van der Waals surface area contributed by atoms with Crippen LogP contribution in [0.4, 0.5) is 0 Å². The van der Waals surface area contributed by atoms with Crippen LogP contribution in [0.1, 0.15) is 16.2 Å². The molecule has 23 heavy (non-hydrogen) atoms. The molecule has 2 aliphatic heterocycles. The van der Waals surface area contributed by atoms with E-state index in [1.54, 1.807) is 17.9 Å². The number of aryl methyl sites for hydroxylation is 1. The zero-order valence-corrected chi connectivity index (χ0v) is 13.3. The lowest BCUT2D eigenvalue weighted by molar-refractivity contribution is -0.129. The first-order valence-electron chi connectivity index (χ1n) is 7.94. The Morgan fingerprint density at radius 3 is 2.74 bits per heavy atom. The fourth-order valence-corrected chi connectivity index (χ4v) is 2.75. The normalized spacial score (nSPS) is 19.4. The topological polar surface area (TPSA) is 87.9 Å². The van der Waals surface area contributed by atoms with E-state index in [9.17, 15) is 9.59 Å². The molecule has 0 aliphatic carbocycles. The number of hydrogen-bond acceptors (Lipinski definition) is 6. The third kappa shape index (κ3) is 3.89. The summed E-state index contributed by atoms with van der Waals surface area (Å²) in [6, 6.07) is 1.61. The van der Waals surface area contributed by atoms with Gasteiger partial charge in [-0.25, -0.2) is 0 Å². The third-order valence-electron chi connectivity index (χ3n) is 4.22. The molecular formula is C15H22N4O4. The van der Waals surface area contributed by atoms with Crippen molar-refractivity contribution in [1.82, 2.24) is 20.3 Å². The van der Waals surface area contributed by atoms with Crippen LogP contribution in [0.2, 0.25) is 0 Å². The molecule has 1 aromatic heterocycles. The first-order chi connectivity index (χ1) is 11.1. The standard InChI is InChI=1S/C15H22N4O4/c1-11-8-13(17-23-11)15(21)19-9-12(10-19)14(20)16-2-3-18-4-6-22-7-5-18/h8,12H,2-7,9-10H2,1H3,(H,16,20). The second kappa shape index (κ2) is 7.10. The molecule has 8 heteroatoms. The summed E-state index contributed by atoms with van der Waals surface area (Å²) in [5.74, 6) is 0.306. The minimum atomic E-state index is -0.181. The van der Waals surface area contributed by atoms with Gasteiger partial charge in [0, 0.05) is 45.3 Å². The quantitative estimate of drug-likeness (QED) is 0.786. The second-order valence-electron chi connectivity index (χ2n) is 5.97. The van der Waals surface area contributed by atoms with Crippen molar-refractivity contribution in [2.24, 2.45) is 5.92 Å². The van der Waals surface area contributed by atoms with E-state index in [1.165, 1.54) is 0 Å². The molecule has 3 rings (SSSR count). The number of likely N-dealkylation sites (tertiary alicyclic amines) is 1. The van der Waals surface area contributed by atoms with Crippen LogP contribution >= 0.6 is 0 Å². The molecule has 1 aromatic rings. The summed E-state index contributed by atoms with van der Waals surface area (Å²) in [5, 5.41) is 6.65. The number of aromatic nitrogens is 1. The SMILES string of the molecule is Cc1cc(C(=O)N2CC(C(=O)NCCN3CCOCC3)C2)no1. The predicted molar refractivity (Wildman–Crippen MR) is 80.9 cm³/mol. The summed E-state index contributed by atoms with van der Waals surface area (Å²) in [4.78, 5) is 28.0. The number of amides is 2. The average Bonchev–Trinajstić information content (AvgIpc) is 2.93. The lowest BCUT2D eigenvalue weighted by atomic mass is 9.98. The Morgan fingerprint density at radius 1 is 1.35 bits per heavy atom. The van der Waals surface area contributed by atoms with Gasteiger partial charge in [-0.15, -0.1) is 0 Å². The molecule has 0 spiro atoms. The molecule has 3 heterocycles. The monoisotopic (exact) mass is 322 g/mol. The summed E-state index contributed by atoms with van der Waals surface area (Å²) < 4.78 is 10.2. The fourth-order valence-electron chi connectivity index (χ4n) is 2.75. The van der Waals surface area contributed by atoms with Crippen molar-refractivity contribution >= 4 is 11.8 Å². The van der Waals surface area contributed by atoms with E-state index in [4.69, 9.17) is 9.26 Å². The molecule has 0 radical (unpaired) electrons. The number of hydrogen-bond donors (Lipinski definition) is 1. The minimum Gasteiger partial charge on any atom is -0.379 e. The van der Waals surface area contributed by atoms with Crippen molar-refractivity contribution in [3.8, 4) is 0 Å². The van der Waals surface area contributed by atoms with Gasteiger partial charge in [0.15, 0.2) is 5.69 Å². The summed E-state index contributed by atoms with van der Waals surface area (Å²) >= 11 is 0. The van der Waals surface area contributed by atoms with Crippen LogP contribution in [0.3, 0.4) is 0 Å². The van der Waals surface area contributed by atoms with Crippen molar-refractivity contribution in [1.29, 1.82) is 0 Å². The van der Waals surface area contributed by atoms with Crippen LogP contribution in [-0.2, 0) is 9.53 Å². The molecule has 0 saturated carbocycles. The van der Waals surface area contributed by atoms with Crippen LogP contribution in [-0.4, -0.2) is 79.3 Å². The number of carbonyl (C=O) groups is 2. The fraction of sp³-hybridized carbons (Fsp3) is 0.667. The minimum absolute atomic E-state index is 0.0126. The van der Waals surface area contributed by atoms with Gasteiger partial charge in [0.2, 0.25) is 5.91 Å². The molecule has 126 valence electrons. The molecule has 1 N–H and O–H groups in total. The van der Waals surface area contributed by atoms with Crippen LogP contribution in [0.5, 0.6) is 0 Å². The molecule has 0 unspecified atom stereocenters. The number of morpholine rings is 1. The first-order valence-corrected chi connectivity index (χ1v) is 7.94. The van der Waals surface area contributed by atoms with E-state index in [0.717, 1.165) is 32.8 Å². The summed E-state index contributed by atoms with van der Waals surface area (Å²) in [6.07, 6.45) is 0. The van der Waals surface area contributed by atoms with Crippen molar-refractivity contribution < 1.29 is 18.8 Å². The first kappa shape index (κ1) is 15.9. The van der Waals surface area contributed by atoms with Crippen LogP contribution in [0.15, 0.2) is 10.6 Å². The van der Waals surface area contributed by atoms with Gasteiger partial charge in [-0.1, -0.05) is 5.16 Å².